The van der Waals surface area contributed by atoms with E-state index in [1.807, 2.05) is 0 Å². The van der Waals surface area contributed by atoms with Crippen LogP contribution in [0, 0.1) is 69.0 Å². The molecule has 0 spiro atoms. The summed E-state index contributed by atoms with van der Waals surface area (Å²) in [4.78, 5) is 0. The van der Waals surface area contributed by atoms with E-state index in [1.54, 1.807) is 0 Å². The van der Waals surface area contributed by atoms with E-state index in [0.29, 0.717) is 10.8 Å². The Bertz CT molecular complexity index is 1060. The molecule has 0 bridgehead atoms. The predicted octanol–water partition coefficient (Wildman–Crippen LogP) is 8.59. The van der Waals surface area contributed by atoms with Crippen LogP contribution in [0.2, 0.25) is 0 Å². The van der Waals surface area contributed by atoms with E-state index < -0.39 is 0 Å². The lowest BCUT2D eigenvalue weighted by Crippen LogP contribution is -2.54. The summed E-state index contributed by atoms with van der Waals surface area (Å²) >= 11 is 0. The van der Waals surface area contributed by atoms with E-state index in [1.165, 1.54) is 101 Å². The Morgan fingerprint density at radius 1 is 0.476 bits per heavy atom. The third-order valence-corrected chi connectivity index (χ3v) is 17.2. The lowest BCUT2D eigenvalue weighted by Gasteiger charge is -2.60. The Balaban J connectivity index is 0.928. The van der Waals surface area contributed by atoms with Gasteiger partial charge >= 0.3 is 0 Å². The monoisotopic (exact) mass is 576 g/mol. The Morgan fingerprint density at radius 2 is 0.881 bits per heavy atom. The molecule has 2 N–H and O–H groups in total. The number of rotatable bonds is 1. The molecule has 8 fully saturated rings. The zero-order valence-corrected chi connectivity index (χ0v) is 27.3. The van der Waals surface area contributed by atoms with Crippen molar-refractivity contribution < 1.29 is 10.2 Å². The molecule has 234 valence electrons. The summed E-state index contributed by atoms with van der Waals surface area (Å²) in [6.07, 6.45) is 22.3. The maximum absolute atomic E-state index is 10.8. The predicted molar refractivity (Wildman–Crippen MR) is 170 cm³/mol. The SMILES string of the molecule is C[C@]12CC/C(=N/N=C3\CC[C@@]4(C)[C@H](CC[C@@H]5[C@@H]4CC[C@]4(C)[C@@H](O)CC[C@@H]54)C3)C[C@H]1CC[C@@H]1[C@@H]2CC[C@]2(C)[C@@H](O)CC[C@@H]12. The van der Waals surface area contributed by atoms with E-state index in [4.69, 9.17) is 10.2 Å². The van der Waals surface area contributed by atoms with Gasteiger partial charge in [0.05, 0.1) is 12.2 Å². The fourth-order valence-corrected chi connectivity index (χ4v) is 14.4. The second-order valence-electron chi connectivity index (χ2n) is 18.3. The van der Waals surface area contributed by atoms with Crippen molar-refractivity contribution in [1.29, 1.82) is 0 Å². The summed E-state index contributed by atoms with van der Waals surface area (Å²) in [6.45, 7) is 10.1. The zero-order valence-electron chi connectivity index (χ0n) is 27.3. The molecular weight excluding hydrogens is 516 g/mol. The summed E-state index contributed by atoms with van der Waals surface area (Å²) in [5, 5.41) is 31.7. The smallest absolute Gasteiger partial charge is 0.0596 e. The number of hydrogen-bond acceptors (Lipinski definition) is 4. The first-order valence-electron chi connectivity index (χ1n) is 18.5. The van der Waals surface area contributed by atoms with Gasteiger partial charge in [0.2, 0.25) is 0 Å². The second-order valence-corrected chi connectivity index (χ2v) is 18.3. The average molecular weight is 577 g/mol. The van der Waals surface area contributed by atoms with Crippen molar-refractivity contribution in [2.75, 3.05) is 0 Å². The van der Waals surface area contributed by atoms with Gasteiger partial charge in [0.1, 0.15) is 0 Å². The van der Waals surface area contributed by atoms with Crippen LogP contribution in [-0.4, -0.2) is 33.8 Å². The molecular formula is C38H60N2O2. The molecule has 0 unspecified atom stereocenters. The second kappa shape index (κ2) is 9.88. The summed E-state index contributed by atoms with van der Waals surface area (Å²) < 4.78 is 0. The van der Waals surface area contributed by atoms with Crippen molar-refractivity contribution in [1.82, 2.24) is 0 Å². The van der Waals surface area contributed by atoms with Crippen LogP contribution in [-0.2, 0) is 0 Å². The summed E-state index contributed by atoms with van der Waals surface area (Å²) in [5.74, 6) is 6.43. The van der Waals surface area contributed by atoms with E-state index >= 15 is 0 Å². The third kappa shape index (κ3) is 3.97. The van der Waals surface area contributed by atoms with Crippen LogP contribution in [0.25, 0.3) is 0 Å². The Kier molecular flexibility index (Phi) is 6.75. The van der Waals surface area contributed by atoms with Crippen LogP contribution in [0.5, 0.6) is 0 Å². The van der Waals surface area contributed by atoms with Crippen LogP contribution < -0.4 is 0 Å². The van der Waals surface area contributed by atoms with Crippen LogP contribution in [0.15, 0.2) is 10.2 Å². The summed E-state index contributed by atoms with van der Waals surface area (Å²) in [5.41, 5.74) is 4.08. The first kappa shape index (κ1) is 28.7. The van der Waals surface area contributed by atoms with Crippen molar-refractivity contribution in [3.05, 3.63) is 0 Å². The van der Waals surface area contributed by atoms with E-state index in [0.717, 1.165) is 73.0 Å². The van der Waals surface area contributed by atoms with Crippen LogP contribution in [0.1, 0.15) is 143 Å². The van der Waals surface area contributed by atoms with Crippen molar-refractivity contribution >= 4 is 11.4 Å². The van der Waals surface area contributed by atoms with Gasteiger partial charge in [0, 0.05) is 11.4 Å². The largest absolute Gasteiger partial charge is 0.393 e. The molecule has 14 atom stereocenters. The van der Waals surface area contributed by atoms with Crippen molar-refractivity contribution in [2.45, 2.75) is 155 Å². The molecule has 0 amide bonds. The average Bonchev–Trinajstić information content (AvgIpc) is 3.46. The fourth-order valence-electron chi connectivity index (χ4n) is 14.4. The standard InChI is InChI=1S/C38H60N2O2/c1-35-17-13-25(21-23(35)5-7-27-29-9-11-33(41)37(29,3)19-15-31(27)35)39-40-26-14-18-36(2)24(22-26)6-8-28-30-10-12-34(42)38(30,4)20-16-32(28)36/h23-24,27-34,41-42H,5-22H2,1-4H3/b39-25-,40-26+/t23-,24-,27+,28+,29+,30+,31+,32+,33+,34+,35+,36+,37+,38+/m1/s1. The molecule has 0 heterocycles. The molecule has 0 aromatic rings. The van der Waals surface area contributed by atoms with Gasteiger partial charge in [0.25, 0.3) is 0 Å². The maximum Gasteiger partial charge on any atom is 0.0596 e. The number of nitrogens with zero attached hydrogens (tertiary/aromatic N) is 2. The van der Waals surface area contributed by atoms with Gasteiger partial charge in [-0.15, -0.1) is 0 Å². The van der Waals surface area contributed by atoms with Gasteiger partial charge in [-0.1, -0.05) is 27.7 Å². The van der Waals surface area contributed by atoms with Gasteiger partial charge in [0.15, 0.2) is 0 Å². The highest BCUT2D eigenvalue weighted by Crippen LogP contribution is 2.67. The van der Waals surface area contributed by atoms with E-state index in [-0.39, 0.29) is 23.0 Å². The van der Waals surface area contributed by atoms with Crippen molar-refractivity contribution in [2.24, 2.45) is 79.2 Å². The zero-order chi connectivity index (χ0) is 29.1. The molecule has 8 aliphatic carbocycles. The lowest BCUT2D eigenvalue weighted by molar-refractivity contribution is -0.112. The number of hydrogen-bond donors (Lipinski definition) is 2. The molecule has 0 saturated heterocycles. The molecule has 42 heavy (non-hydrogen) atoms. The number of aliphatic hydroxyl groups is 2. The molecule has 0 aliphatic heterocycles. The highest BCUT2D eigenvalue weighted by Gasteiger charge is 2.61. The minimum atomic E-state index is -0.0642. The van der Waals surface area contributed by atoms with Crippen molar-refractivity contribution in [3.8, 4) is 0 Å². The van der Waals surface area contributed by atoms with Crippen LogP contribution >= 0.6 is 0 Å². The molecule has 8 aliphatic rings. The molecule has 4 nitrogen and oxygen atoms in total. The summed E-state index contributed by atoms with van der Waals surface area (Å²) in [6, 6.07) is 0. The maximum atomic E-state index is 10.8. The van der Waals surface area contributed by atoms with Gasteiger partial charge in [-0.25, -0.2) is 0 Å². The molecule has 0 radical (unpaired) electrons. The Labute approximate surface area is 256 Å². The highest BCUT2D eigenvalue weighted by atomic mass is 16.3. The molecule has 4 heteroatoms. The normalized spacial score (nSPS) is 58.9. The minimum absolute atomic E-state index is 0.0642. The van der Waals surface area contributed by atoms with Crippen LogP contribution in [0.4, 0.5) is 0 Å². The van der Waals surface area contributed by atoms with Gasteiger partial charge < -0.3 is 10.2 Å². The highest BCUT2D eigenvalue weighted by molar-refractivity contribution is 5.89. The molecule has 8 saturated carbocycles. The van der Waals surface area contributed by atoms with Gasteiger partial charge in [-0.05, 0) is 185 Å². The fraction of sp³-hybridized carbons (Fsp3) is 0.947. The molecule has 0 aromatic carbocycles. The first-order valence-corrected chi connectivity index (χ1v) is 18.5. The third-order valence-electron chi connectivity index (χ3n) is 17.2. The van der Waals surface area contributed by atoms with Crippen molar-refractivity contribution in [3.63, 3.8) is 0 Å². The Hall–Kier alpha value is -0.740. The summed E-state index contributed by atoms with van der Waals surface area (Å²) in [7, 11) is 0. The van der Waals surface area contributed by atoms with E-state index in [9.17, 15) is 10.2 Å². The minimum Gasteiger partial charge on any atom is -0.393 e. The quantitative estimate of drug-likeness (QED) is 0.307. The molecule has 8 rings (SSSR count). The van der Waals surface area contributed by atoms with Gasteiger partial charge in [-0.2, -0.15) is 10.2 Å². The molecule has 0 aromatic heterocycles. The Morgan fingerprint density at radius 3 is 1.31 bits per heavy atom. The number of fused-ring (bicyclic) bond motifs is 10. The van der Waals surface area contributed by atoms with Gasteiger partial charge in [-0.3, -0.25) is 0 Å². The lowest BCUT2D eigenvalue weighted by atomic mass is 9.45. The number of aliphatic hydroxyl groups excluding tert-OH is 2. The van der Waals surface area contributed by atoms with Crippen LogP contribution in [0.3, 0.4) is 0 Å². The van der Waals surface area contributed by atoms with E-state index in [2.05, 4.69) is 27.7 Å². The topological polar surface area (TPSA) is 65.2 Å². The first-order chi connectivity index (χ1) is 20.1.